The van der Waals surface area contributed by atoms with Crippen LogP contribution in [0.3, 0.4) is 0 Å². The van der Waals surface area contributed by atoms with E-state index in [0.717, 1.165) is 42.4 Å². The summed E-state index contributed by atoms with van der Waals surface area (Å²) in [4.78, 5) is 26.5. The summed E-state index contributed by atoms with van der Waals surface area (Å²) in [7, 11) is 0. The first kappa shape index (κ1) is 20.4. The number of aryl methyl sites for hydroxylation is 2. The third-order valence-corrected chi connectivity index (χ3v) is 6.32. The van der Waals surface area contributed by atoms with E-state index in [0.29, 0.717) is 22.9 Å². The number of thiophene rings is 1. The maximum absolute atomic E-state index is 12.8. The minimum absolute atomic E-state index is 0.273. The molecular weight excluding hydrogens is 374 g/mol. The van der Waals surface area contributed by atoms with E-state index in [1.54, 1.807) is 13.8 Å². The van der Waals surface area contributed by atoms with E-state index in [2.05, 4.69) is 5.32 Å². The first-order valence-electron chi connectivity index (χ1n) is 9.77. The number of rotatable bonds is 6. The Morgan fingerprint density at radius 3 is 2.71 bits per heavy atom. The molecule has 0 aliphatic heterocycles. The van der Waals surface area contributed by atoms with Crippen molar-refractivity contribution in [1.29, 1.82) is 0 Å². The van der Waals surface area contributed by atoms with Crippen LogP contribution in [0.25, 0.3) is 0 Å². The fourth-order valence-electron chi connectivity index (χ4n) is 3.38. The van der Waals surface area contributed by atoms with E-state index >= 15 is 0 Å². The van der Waals surface area contributed by atoms with E-state index in [4.69, 9.17) is 9.47 Å². The third-order valence-electron chi connectivity index (χ3n) is 5.12. The van der Waals surface area contributed by atoms with Gasteiger partial charge in [-0.2, -0.15) is 0 Å². The molecule has 1 atom stereocenters. The number of anilines is 1. The Bertz CT molecular complexity index is 887. The molecule has 1 aliphatic carbocycles. The summed E-state index contributed by atoms with van der Waals surface area (Å²) in [6, 6.07) is 5.78. The zero-order valence-corrected chi connectivity index (χ0v) is 17.7. The molecule has 5 nitrogen and oxygen atoms in total. The summed E-state index contributed by atoms with van der Waals surface area (Å²) < 4.78 is 11.1. The second-order valence-electron chi connectivity index (χ2n) is 7.08. The van der Waals surface area contributed by atoms with Gasteiger partial charge in [-0.15, -0.1) is 11.3 Å². The van der Waals surface area contributed by atoms with Gasteiger partial charge in [0.05, 0.1) is 12.2 Å². The number of hydrogen-bond donors (Lipinski definition) is 1. The van der Waals surface area contributed by atoms with E-state index < -0.39 is 6.10 Å². The number of carbonyl (C=O) groups excluding carboxylic acids is 2. The van der Waals surface area contributed by atoms with E-state index in [9.17, 15) is 9.59 Å². The molecule has 1 amide bonds. The standard InChI is InChI=1S/C22H27NO4S/c1-5-26-22(25)19-16-10-6-7-12-18(16)28-21(19)23-20(24)15(4)27-17-11-8-9-13(2)14(17)3/h8-9,11,15H,5-7,10,12H2,1-4H3,(H,23,24). The topological polar surface area (TPSA) is 64.6 Å². The smallest absolute Gasteiger partial charge is 0.341 e. The predicted octanol–water partition coefficient (Wildman–Crippen LogP) is 4.83. The predicted molar refractivity (Wildman–Crippen MR) is 112 cm³/mol. The molecule has 0 saturated carbocycles. The SMILES string of the molecule is CCOC(=O)c1c(NC(=O)C(C)Oc2cccc(C)c2C)sc2c1CCCC2. The van der Waals surface area contributed by atoms with Crippen LogP contribution in [-0.2, 0) is 22.4 Å². The summed E-state index contributed by atoms with van der Waals surface area (Å²) in [5.41, 5.74) is 3.68. The van der Waals surface area contributed by atoms with Crippen LogP contribution in [0.4, 0.5) is 5.00 Å². The summed E-state index contributed by atoms with van der Waals surface area (Å²) in [5.74, 6) is 0.0593. The average molecular weight is 402 g/mol. The first-order chi connectivity index (χ1) is 13.4. The van der Waals surface area contributed by atoms with Crippen molar-refractivity contribution in [2.75, 3.05) is 11.9 Å². The number of ether oxygens (including phenoxy) is 2. The number of esters is 1. The van der Waals surface area contributed by atoms with Crippen molar-refractivity contribution in [3.8, 4) is 5.75 Å². The highest BCUT2D eigenvalue weighted by Gasteiger charge is 2.28. The molecule has 0 bridgehead atoms. The van der Waals surface area contributed by atoms with Crippen LogP contribution in [0.15, 0.2) is 18.2 Å². The van der Waals surface area contributed by atoms with Crippen LogP contribution in [0.2, 0.25) is 0 Å². The number of amides is 1. The second kappa shape index (κ2) is 8.78. The third kappa shape index (κ3) is 4.22. The van der Waals surface area contributed by atoms with Gasteiger partial charge in [-0.3, -0.25) is 4.79 Å². The molecule has 1 N–H and O–H groups in total. The van der Waals surface area contributed by atoms with Gasteiger partial charge < -0.3 is 14.8 Å². The van der Waals surface area contributed by atoms with Crippen LogP contribution in [0.5, 0.6) is 5.75 Å². The van der Waals surface area contributed by atoms with Crippen LogP contribution in [-0.4, -0.2) is 24.6 Å². The van der Waals surface area contributed by atoms with Crippen molar-refractivity contribution in [1.82, 2.24) is 0 Å². The molecule has 1 aliphatic rings. The molecule has 1 aromatic carbocycles. The quantitative estimate of drug-likeness (QED) is 0.705. The Morgan fingerprint density at radius 2 is 1.96 bits per heavy atom. The highest BCUT2D eigenvalue weighted by molar-refractivity contribution is 7.17. The van der Waals surface area contributed by atoms with Crippen LogP contribution in [0, 0.1) is 13.8 Å². The van der Waals surface area contributed by atoms with Gasteiger partial charge in [-0.25, -0.2) is 4.79 Å². The van der Waals surface area contributed by atoms with Gasteiger partial charge in [0.15, 0.2) is 6.10 Å². The molecule has 1 unspecified atom stereocenters. The van der Waals surface area contributed by atoms with E-state index in [-0.39, 0.29) is 11.9 Å². The monoisotopic (exact) mass is 401 g/mol. The molecule has 0 radical (unpaired) electrons. The Morgan fingerprint density at radius 1 is 1.21 bits per heavy atom. The lowest BCUT2D eigenvalue weighted by atomic mass is 9.95. The summed E-state index contributed by atoms with van der Waals surface area (Å²) in [6.07, 6.45) is 3.27. The zero-order chi connectivity index (χ0) is 20.3. The number of benzene rings is 1. The van der Waals surface area contributed by atoms with Gasteiger partial charge in [0.2, 0.25) is 0 Å². The van der Waals surface area contributed by atoms with E-state index in [1.807, 2.05) is 32.0 Å². The van der Waals surface area contributed by atoms with Crippen molar-refractivity contribution in [3.63, 3.8) is 0 Å². The Hall–Kier alpha value is -2.34. The van der Waals surface area contributed by atoms with Gasteiger partial charge in [-0.1, -0.05) is 12.1 Å². The Labute approximate surface area is 170 Å². The number of hydrogen-bond acceptors (Lipinski definition) is 5. The molecule has 1 aromatic heterocycles. The molecule has 0 saturated heterocycles. The van der Waals surface area contributed by atoms with Gasteiger partial charge in [-0.05, 0) is 76.1 Å². The molecule has 6 heteroatoms. The average Bonchev–Trinajstić information content (AvgIpc) is 3.03. The molecule has 150 valence electrons. The molecule has 2 aromatic rings. The van der Waals surface area contributed by atoms with E-state index in [1.165, 1.54) is 16.2 Å². The highest BCUT2D eigenvalue weighted by atomic mass is 32.1. The van der Waals surface area contributed by atoms with Crippen molar-refractivity contribution in [2.45, 2.75) is 59.5 Å². The first-order valence-corrected chi connectivity index (χ1v) is 10.6. The lowest BCUT2D eigenvalue weighted by Crippen LogP contribution is -2.30. The van der Waals surface area contributed by atoms with Gasteiger partial charge >= 0.3 is 5.97 Å². The number of carbonyl (C=O) groups is 2. The van der Waals surface area contributed by atoms with Gasteiger partial charge in [0.1, 0.15) is 10.8 Å². The van der Waals surface area contributed by atoms with Crippen LogP contribution < -0.4 is 10.1 Å². The van der Waals surface area contributed by atoms with Crippen molar-refractivity contribution < 1.29 is 19.1 Å². The Balaban J connectivity index is 1.80. The highest BCUT2D eigenvalue weighted by Crippen LogP contribution is 2.38. The fourth-order valence-corrected chi connectivity index (χ4v) is 4.66. The fraction of sp³-hybridized carbons (Fsp3) is 0.455. The van der Waals surface area contributed by atoms with Crippen LogP contribution >= 0.6 is 11.3 Å². The molecule has 0 fully saturated rings. The maximum Gasteiger partial charge on any atom is 0.341 e. The second-order valence-corrected chi connectivity index (χ2v) is 8.19. The molecule has 3 rings (SSSR count). The zero-order valence-electron chi connectivity index (χ0n) is 16.9. The largest absolute Gasteiger partial charge is 0.481 e. The van der Waals surface area contributed by atoms with Crippen molar-refractivity contribution in [3.05, 3.63) is 45.3 Å². The summed E-state index contributed by atoms with van der Waals surface area (Å²) >= 11 is 1.49. The van der Waals surface area contributed by atoms with Crippen LogP contribution in [0.1, 0.15) is 58.6 Å². The lowest BCUT2D eigenvalue weighted by Gasteiger charge is -2.17. The molecule has 0 spiro atoms. The normalized spacial score (nSPS) is 14.1. The number of nitrogens with one attached hydrogen (secondary N) is 1. The minimum atomic E-state index is -0.685. The molecule has 1 heterocycles. The summed E-state index contributed by atoms with van der Waals surface area (Å²) in [5, 5.41) is 3.49. The Kier molecular flexibility index (Phi) is 6.39. The van der Waals surface area contributed by atoms with Gasteiger partial charge in [0.25, 0.3) is 5.91 Å². The minimum Gasteiger partial charge on any atom is -0.481 e. The maximum atomic E-state index is 12.8. The van der Waals surface area contributed by atoms with Crippen molar-refractivity contribution in [2.24, 2.45) is 0 Å². The van der Waals surface area contributed by atoms with Gasteiger partial charge in [0, 0.05) is 4.88 Å². The number of fused-ring (bicyclic) bond motifs is 1. The van der Waals surface area contributed by atoms with Crippen molar-refractivity contribution >= 4 is 28.2 Å². The lowest BCUT2D eigenvalue weighted by molar-refractivity contribution is -0.122. The molecule has 28 heavy (non-hydrogen) atoms. The molecular formula is C22H27NO4S. The summed E-state index contributed by atoms with van der Waals surface area (Å²) in [6.45, 7) is 7.79.